The molecule has 0 saturated heterocycles. The lowest BCUT2D eigenvalue weighted by atomic mass is 10.2. The molecule has 2 rings (SSSR count). The first-order chi connectivity index (χ1) is 12.0. The molecule has 0 aliphatic rings. The van der Waals surface area contributed by atoms with Gasteiger partial charge in [0.05, 0.1) is 17.2 Å². The van der Waals surface area contributed by atoms with Crippen LogP contribution in [0.15, 0.2) is 42.5 Å². The van der Waals surface area contributed by atoms with Gasteiger partial charge in [0.1, 0.15) is 17.4 Å². The Morgan fingerprint density at radius 2 is 2.00 bits per heavy atom. The van der Waals surface area contributed by atoms with Gasteiger partial charge in [-0.2, -0.15) is 5.26 Å². The molecule has 0 aromatic heterocycles. The largest absolute Gasteiger partial charge is 0.493 e. The lowest BCUT2D eigenvalue weighted by Crippen LogP contribution is -2.21. The highest BCUT2D eigenvalue weighted by atomic mass is 35.5. The van der Waals surface area contributed by atoms with Crippen LogP contribution in [0, 0.1) is 11.3 Å². The maximum Gasteiger partial charge on any atom is 0.342 e. The normalized spacial score (nSPS) is 9.80. The number of nitriles is 1. The van der Waals surface area contributed by atoms with Gasteiger partial charge in [-0.25, -0.2) is 4.79 Å². The van der Waals surface area contributed by atoms with Crippen LogP contribution in [0.25, 0.3) is 0 Å². The fourth-order valence-electron chi connectivity index (χ4n) is 2.01. The topological polar surface area (TPSA) is 88.4 Å². The van der Waals surface area contributed by atoms with Gasteiger partial charge in [-0.3, -0.25) is 4.79 Å². The second-order valence-corrected chi connectivity index (χ2v) is 5.27. The molecule has 1 N–H and O–H groups in total. The number of benzene rings is 2. The fourth-order valence-corrected chi connectivity index (χ4v) is 2.23. The van der Waals surface area contributed by atoms with Gasteiger partial charge in [-0.1, -0.05) is 23.7 Å². The lowest BCUT2D eigenvalue weighted by molar-refractivity contribution is -0.119. The molecule has 25 heavy (non-hydrogen) atoms. The molecule has 0 atom stereocenters. The van der Waals surface area contributed by atoms with Gasteiger partial charge in [0, 0.05) is 5.69 Å². The summed E-state index contributed by atoms with van der Waals surface area (Å²) in [6.45, 7) is 1.75. The Labute approximate surface area is 149 Å². The van der Waals surface area contributed by atoms with Crippen LogP contribution in [0.2, 0.25) is 5.02 Å². The Kier molecular flexibility index (Phi) is 6.38. The summed E-state index contributed by atoms with van der Waals surface area (Å²) in [5.41, 5.74) is 0.956. The molecule has 0 unspecified atom stereocenters. The van der Waals surface area contributed by atoms with Crippen LogP contribution in [0.4, 0.5) is 5.69 Å². The van der Waals surface area contributed by atoms with Crippen LogP contribution in [0.5, 0.6) is 5.75 Å². The number of carbonyl (C=O) groups excluding carboxylic acids is 2. The molecule has 128 valence electrons. The zero-order chi connectivity index (χ0) is 18.2. The Morgan fingerprint density at radius 3 is 2.68 bits per heavy atom. The van der Waals surface area contributed by atoms with Crippen molar-refractivity contribution in [2.75, 3.05) is 18.5 Å². The molecule has 6 nitrogen and oxygen atoms in total. The summed E-state index contributed by atoms with van der Waals surface area (Å²) in [6.07, 6.45) is 0. The summed E-state index contributed by atoms with van der Waals surface area (Å²) in [6, 6.07) is 13.0. The van der Waals surface area contributed by atoms with Crippen molar-refractivity contribution in [1.29, 1.82) is 5.26 Å². The minimum atomic E-state index is -0.655. The van der Waals surface area contributed by atoms with Crippen molar-refractivity contribution in [2.45, 2.75) is 6.92 Å². The maximum atomic E-state index is 12.1. The van der Waals surface area contributed by atoms with E-state index in [1.54, 1.807) is 31.2 Å². The van der Waals surface area contributed by atoms with Crippen molar-refractivity contribution >= 4 is 29.2 Å². The van der Waals surface area contributed by atoms with Crippen LogP contribution in [0.1, 0.15) is 22.8 Å². The van der Waals surface area contributed by atoms with E-state index in [0.717, 1.165) is 0 Å². The first-order valence-electron chi connectivity index (χ1n) is 7.43. The number of anilines is 1. The van der Waals surface area contributed by atoms with Gasteiger partial charge in [0.25, 0.3) is 5.91 Å². The first kappa shape index (κ1) is 18.3. The van der Waals surface area contributed by atoms with E-state index in [9.17, 15) is 9.59 Å². The van der Waals surface area contributed by atoms with Crippen LogP contribution in [-0.2, 0) is 9.53 Å². The first-order valence-corrected chi connectivity index (χ1v) is 7.81. The average molecular weight is 359 g/mol. The summed E-state index contributed by atoms with van der Waals surface area (Å²) >= 11 is 5.89. The average Bonchev–Trinajstić information content (AvgIpc) is 2.60. The minimum absolute atomic E-state index is 0.225. The molecule has 1 amide bonds. The molecule has 0 bridgehead atoms. The third-order valence-corrected chi connectivity index (χ3v) is 3.43. The van der Waals surface area contributed by atoms with E-state index >= 15 is 0 Å². The zero-order valence-corrected chi connectivity index (χ0v) is 14.2. The fraction of sp³-hybridized carbons (Fsp3) is 0.167. The standard InChI is InChI=1S/C18H15ClN2O4/c1-2-24-16-6-4-3-5-14(16)18(23)25-11-17(22)21-13-8-7-12(10-20)15(19)9-13/h3-9H,2,11H2,1H3,(H,21,22). The number of ether oxygens (including phenoxy) is 2. The number of esters is 1. The summed E-state index contributed by atoms with van der Waals surface area (Å²) in [7, 11) is 0. The van der Waals surface area contributed by atoms with Gasteiger partial charge < -0.3 is 14.8 Å². The predicted molar refractivity (Wildman–Crippen MR) is 92.7 cm³/mol. The third-order valence-electron chi connectivity index (χ3n) is 3.11. The highest BCUT2D eigenvalue weighted by Gasteiger charge is 2.15. The molecule has 0 radical (unpaired) electrons. The van der Waals surface area contributed by atoms with Crippen molar-refractivity contribution < 1.29 is 19.1 Å². The number of halogens is 1. The molecule has 2 aromatic carbocycles. The predicted octanol–water partition coefficient (Wildman–Crippen LogP) is 3.41. The molecule has 0 fully saturated rings. The van der Waals surface area contributed by atoms with E-state index in [1.165, 1.54) is 18.2 Å². The Hall–Kier alpha value is -3.04. The third kappa shape index (κ3) is 4.96. The molecule has 2 aromatic rings. The molecule has 0 aliphatic carbocycles. The summed E-state index contributed by atoms with van der Waals surface area (Å²) < 4.78 is 10.4. The number of hydrogen-bond acceptors (Lipinski definition) is 5. The van der Waals surface area contributed by atoms with E-state index in [0.29, 0.717) is 23.6 Å². The summed E-state index contributed by atoms with van der Waals surface area (Å²) in [4.78, 5) is 24.0. The molecule has 0 heterocycles. The van der Waals surface area contributed by atoms with Crippen LogP contribution in [-0.4, -0.2) is 25.1 Å². The number of nitrogens with zero attached hydrogens (tertiary/aromatic N) is 1. The van der Waals surface area contributed by atoms with Gasteiger partial charge >= 0.3 is 5.97 Å². The molecule has 0 aliphatic heterocycles. The van der Waals surface area contributed by atoms with Crippen LogP contribution in [0.3, 0.4) is 0 Å². The zero-order valence-electron chi connectivity index (χ0n) is 13.4. The van der Waals surface area contributed by atoms with E-state index in [4.69, 9.17) is 26.3 Å². The number of rotatable bonds is 6. The van der Waals surface area contributed by atoms with Gasteiger partial charge in [-0.15, -0.1) is 0 Å². The highest BCUT2D eigenvalue weighted by molar-refractivity contribution is 6.32. The Bertz CT molecular complexity index is 830. The SMILES string of the molecule is CCOc1ccccc1C(=O)OCC(=O)Nc1ccc(C#N)c(Cl)c1. The smallest absolute Gasteiger partial charge is 0.342 e. The summed E-state index contributed by atoms with van der Waals surface area (Å²) in [5, 5.41) is 11.6. The van der Waals surface area contributed by atoms with Crippen molar-refractivity contribution in [3.8, 4) is 11.8 Å². The highest BCUT2D eigenvalue weighted by Crippen LogP contribution is 2.21. The maximum absolute atomic E-state index is 12.1. The lowest BCUT2D eigenvalue weighted by Gasteiger charge is -2.10. The number of hydrogen-bond donors (Lipinski definition) is 1. The van der Waals surface area contributed by atoms with Gasteiger partial charge in [-0.05, 0) is 37.3 Å². The van der Waals surface area contributed by atoms with Crippen LogP contribution >= 0.6 is 11.6 Å². The molecular weight excluding hydrogens is 344 g/mol. The minimum Gasteiger partial charge on any atom is -0.493 e. The Morgan fingerprint density at radius 1 is 1.24 bits per heavy atom. The number of carbonyl (C=O) groups is 2. The van der Waals surface area contributed by atoms with Gasteiger partial charge in [0.2, 0.25) is 0 Å². The number of nitrogens with one attached hydrogen (secondary N) is 1. The molecule has 7 heteroatoms. The van der Waals surface area contributed by atoms with Crippen molar-refractivity contribution in [3.05, 3.63) is 58.6 Å². The molecular formula is C18H15ClN2O4. The number of amides is 1. The number of para-hydroxylation sites is 1. The monoisotopic (exact) mass is 358 g/mol. The van der Waals surface area contributed by atoms with Crippen molar-refractivity contribution in [2.24, 2.45) is 0 Å². The second kappa shape index (κ2) is 8.71. The van der Waals surface area contributed by atoms with Crippen LogP contribution < -0.4 is 10.1 Å². The van der Waals surface area contributed by atoms with Crippen molar-refractivity contribution in [3.63, 3.8) is 0 Å². The molecule has 0 saturated carbocycles. The van der Waals surface area contributed by atoms with E-state index in [1.807, 2.05) is 6.07 Å². The van der Waals surface area contributed by atoms with Crippen molar-refractivity contribution in [1.82, 2.24) is 0 Å². The van der Waals surface area contributed by atoms with Gasteiger partial charge in [0.15, 0.2) is 6.61 Å². The molecule has 0 spiro atoms. The second-order valence-electron chi connectivity index (χ2n) is 4.86. The Balaban J connectivity index is 1.95. The van der Waals surface area contributed by atoms with E-state index in [2.05, 4.69) is 5.32 Å². The van der Waals surface area contributed by atoms with E-state index in [-0.39, 0.29) is 10.6 Å². The summed E-state index contributed by atoms with van der Waals surface area (Å²) in [5.74, 6) is -0.783. The van der Waals surface area contributed by atoms with E-state index < -0.39 is 18.5 Å². The quantitative estimate of drug-likeness (QED) is 0.799.